The molecule has 1 N–H and O–H groups in total. The second kappa shape index (κ2) is 10.1. The van der Waals surface area contributed by atoms with Gasteiger partial charge in [-0.1, -0.05) is 32.9 Å². The number of carbonyl (C=O) groups is 1. The molecule has 6 nitrogen and oxygen atoms in total. The van der Waals surface area contributed by atoms with Crippen molar-refractivity contribution >= 4 is 11.8 Å². The zero-order chi connectivity index (χ0) is 22.5. The third kappa shape index (κ3) is 5.71. The van der Waals surface area contributed by atoms with E-state index in [1.807, 2.05) is 30.9 Å². The summed E-state index contributed by atoms with van der Waals surface area (Å²) in [6.45, 7) is 13.0. The Hall–Kier alpha value is -2.70. The second-order valence-corrected chi connectivity index (χ2v) is 8.72. The van der Waals surface area contributed by atoms with Gasteiger partial charge in [-0.3, -0.25) is 0 Å². The smallest absolute Gasteiger partial charge is 0.317 e. The fourth-order valence-corrected chi connectivity index (χ4v) is 3.80. The summed E-state index contributed by atoms with van der Waals surface area (Å²) >= 11 is 0. The summed E-state index contributed by atoms with van der Waals surface area (Å²) in [6.07, 6.45) is 1.47. The van der Waals surface area contributed by atoms with Crippen LogP contribution in [0.15, 0.2) is 24.3 Å². The molecule has 0 radical (unpaired) electrons. The van der Waals surface area contributed by atoms with Gasteiger partial charge in [0.1, 0.15) is 17.5 Å². The van der Waals surface area contributed by atoms with E-state index in [1.165, 1.54) is 12.1 Å². The van der Waals surface area contributed by atoms with Crippen LogP contribution < -0.4 is 10.2 Å². The molecule has 1 saturated heterocycles. The number of rotatable bonds is 6. The summed E-state index contributed by atoms with van der Waals surface area (Å²) in [5.41, 5.74) is 3.17. The molecule has 7 heteroatoms. The first-order chi connectivity index (χ1) is 14.8. The summed E-state index contributed by atoms with van der Waals surface area (Å²) in [6, 6.07) is 6.75. The lowest BCUT2D eigenvalue weighted by atomic mass is 10.0. The van der Waals surface area contributed by atoms with Crippen LogP contribution in [0, 0.1) is 5.82 Å². The molecule has 0 aliphatic carbocycles. The van der Waals surface area contributed by atoms with Gasteiger partial charge in [-0.15, -0.1) is 0 Å². The van der Waals surface area contributed by atoms with Crippen molar-refractivity contribution in [2.75, 3.05) is 31.1 Å². The van der Waals surface area contributed by atoms with E-state index < -0.39 is 0 Å². The molecule has 1 fully saturated rings. The van der Waals surface area contributed by atoms with E-state index >= 15 is 0 Å². The number of hydrogen-bond acceptors (Lipinski definition) is 4. The monoisotopic (exact) mass is 427 g/mol. The highest BCUT2D eigenvalue weighted by atomic mass is 19.1. The van der Waals surface area contributed by atoms with Gasteiger partial charge in [0, 0.05) is 55.8 Å². The average Bonchev–Trinajstić information content (AvgIpc) is 2.74. The van der Waals surface area contributed by atoms with Gasteiger partial charge in [0.15, 0.2) is 0 Å². The van der Waals surface area contributed by atoms with Crippen molar-refractivity contribution in [1.29, 1.82) is 0 Å². The van der Waals surface area contributed by atoms with E-state index in [9.17, 15) is 9.18 Å². The van der Waals surface area contributed by atoms with E-state index in [1.54, 1.807) is 0 Å². The first-order valence-corrected chi connectivity index (χ1v) is 11.2. The molecule has 2 amide bonds. The van der Waals surface area contributed by atoms with Gasteiger partial charge < -0.3 is 15.1 Å². The van der Waals surface area contributed by atoms with Gasteiger partial charge in [-0.05, 0) is 38.0 Å². The predicted octanol–water partition coefficient (Wildman–Crippen LogP) is 4.13. The van der Waals surface area contributed by atoms with Gasteiger partial charge in [0.2, 0.25) is 0 Å². The Morgan fingerprint density at radius 2 is 1.71 bits per heavy atom. The Kier molecular flexibility index (Phi) is 7.46. The maximum absolute atomic E-state index is 13.4. The third-order valence-corrected chi connectivity index (χ3v) is 5.51. The van der Waals surface area contributed by atoms with E-state index in [0.717, 1.165) is 48.0 Å². The zero-order valence-electron chi connectivity index (χ0n) is 19.3. The molecule has 1 aromatic heterocycles. The number of urea groups is 1. The Morgan fingerprint density at radius 1 is 1.06 bits per heavy atom. The lowest BCUT2D eigenvalue weighted by molar-refractivity contribution is 0.191. The Balaban J connectivity index is 1.89. The number of carbonyl (C=O) groups excluding carboxylic acids is 1. The molecule has 2 heterocycles. The highest BCUT2D eigenvalue weighted by molar-refractivity contribution is 5.74. The van der Waals surface area contributed by atoms with E-state index in [-0.39, 0.29) is 23.8 Å². The minimum atomic E-state index is -0.234. The van der Waals surface area contributed by atoms with Crippen LogP contribution in [-0.4, -0.2) is 53.1 Å². The number of piperazine rings is 1. The van der Waals surface area contributed by atoms with E-state index in [2.05, 4.69) is 31.0 Å². The molecule has 1 aliphatic heterocycles. The number of aromatic nitrogens is 2. The maximum atomic E-state index is 13.4. The molecular formula is C24H34FN5O. The number of hydrogen-bond donors (Lipinski definition) is 1. The van der Waals surface area contributed by atoms with Gasteiger partial charge in [0.05, 0.1) is 0 Å². The van der Waals surface area contributed by atoms with E-state index in [4.69, 9.17) is 9.97 Å². The number of amides is 2. The quantitative estimate of drug-likeness (QED) is 0.753. The van der Waals surface area contributed by atoms with Crippen LogP contribution in [0.1, 0.15) is 63.2 Å². The number of benzene rings is 1. The van der Waals surface area contributed by atoms with Crippen LogP contribution in [0.3, 0.4) is 0 Å². The van der Waals surface area contributed by atoms with Gasteiger partial charge in [-0.2, -0.15) is 0 Å². The van der Waals surface area contributed by atoms with Crippen LogP contribution in [0.4, 0.5) is 15.0 Å². The predicted molar refractivity (Wildman–Crippen MR) is 122 cm³/mol. The largest absolute Gasteiger partial charge is 0.353 e. The van der Waals surface area contributed by atoms with Crippen molar-refractivity contribution in [1.82, 2.24) is 20.2 Å². The molecule has 0 spiro atoms. The summed E-state index contributed by atoms with van der Waals surface area (Å²) in [5.74, 6) is 1.78. The Labute approximate surface area is 184 Å². The van der Waals surface area contributed by atoms with Crippen molar-refractivity contribution in [2.24, 2.45) is 0 Å². The number of halogens is 1. The van der Waals surface area contributed by atoms with Crippen LogP contribution in [0.5, 0.6) is 0 Å². The molecule has 3 rings (SSSR count). The van der Waals surface area contributed by atoms with Crippen LogP contribution in [0.25, 0.3) is 0 Å². The van der Waals surface area contributed by atoms with Crippen molar-refractivity contribution in [3.05, 3.63) is 52.7 Å². The molecule has 0 saturated carbocycles. The van der Waals surface area contributed by atoms with Gasteiger partial charge in [-0.25, -0.2) is 19.2 Å². The normalized spacial score (nSPS) is 14.5. The molecule has 1 aliphatic rings. The molecule has 31 heavy (non-hydrogen) atoms. The minimum absolute atomic E-state index is 0.0130. The zero-order valence-corrected chi connectivity index (χ0v) is 19.3. The first-order valence-electron chi connectivity index (χ1n) is 11.2. The van der Waals surface area contributed by atoms with Crippen molar-refractivity contribution < 1.29 is 9.18 Å². The topological polar surface area (TPSA) is 61.4 Å². The van der Waals surface area contributed by atoms with Crippen molar-refractivity contribution in [2.45, 2.75) is 59.4 Å². The minimum Gasteiger partial charge on any atom is -0.353 e. The van der Waals surface area contributed by atoms with Crippen LogP contribution >= 0.6 is 0 Å². The van der Waals surface area contributed by atoms with Crippen LogP contribution in [0.2, 0.25) is 0 Å². The fraction of sp³-hybridized carbons (Fsp3) is 0.542. The second-order valence-electron chi connectivity index (χ2n) is 8.72. The molecule has 1 aromatic carbocycles. The third-order valence-electron chi connectivity index (χ3n) is 5.51. The first kappa shape index (κ1) is 23.0. The number of nitrogens with one attached hydrogen (secondary N) is 1. The summed E-state index contributed by atoms with van der Waals surface area (Å²) in [4.78, 5) is 26.3. The standard InChI is InChI=1S/C24H34FN5O/c1-6-21-20(15-18-7-9-19(25)10-8-18)23(28-22(27-21)16(2)3)29-11-13-30(14-12-29)24(31)26-17(4)5/h7-10,16-17H,6,11-15H2,1-5H3,(H,26,31). The van der Waals surface area contributed by atoms with Gasteiger partial charge in [0.25, 0.3) is 0 Å². The summed E-state index contributed by atoms with van der Waals surface area (Å²) in [5, 5.41) is 2.97. The van der Waals surface area contributed by atoms with Crippen molar-refractivity contribution in [3.8, 4) is 0 Å². The summed E-state index contributed by atoms with van der Waals surface area (Å²) < 4.78 is 13.4. The molecule has 0 atom stereocenters. The molecular weight excluding hydrogens is 393 g/mol. The van der Waals surface area contributed by atoms with Crippen LogP contribution in [-0.2, 0) is 12.8 Å². The lowest BCUT2D eigenvalue weighted by Gasteiger charge is -2.37. The Bertz CT molecular complexity index is 890. The Morgan fingerprint density at radius 3 is 2.26 bits per heavy atom. The number of aryl methyl sites for hydroxylation is 1. The molecule has 168 valence electrons. The average molecular weight is 428 g/mol. The molecule has 2 aromatic rings. The SMILES string of the molecule is CCc1nc(C(C)C)nc(N2CCN(C(=O)NC(C)C)CC2)c1Cc1ccc(F)cc1. The highest BCUT2D eigenvalue weighted by Gasteiger charge is 2.26. The fourth-order valence-electron chi connectivity index (χ4n) is 3.80. The van der Waals surface area contributed by atoms with Crippen molar-refractivity contribution in [3.63, 3.8) is 0 Å². The summed E-state index contributed by atoms with van der Waals surface area (Å²) in [7, 11) is 0. The lowest BCUT2D eigenvalue weighted by Crippen LogP contribution is -2.53. The molecule has 0 unspecified atom stereocenters. The maximum Gasteiger partial charge on any atom is 0.317 e. The molecule has 0 bridgehead atoms. The highest BCUT2D eigenvalue weighted by Crippen LogP contribution is 2.28. The number of anilines is 1. The van der Waals surface area contributed by atoms with E-state index in [0.29, 0.717) is 19.5 Å². The van der Waals surface area contributed by atoms with Gasteiger partial charge >= 0.3 is 6.03 Å². The number of nitrogens with zero attached hydrogens (tertiary/aromatic N) is 4.